The maximum Gasteiger partial charge on any atom is 0.354 e. The van der Waals surface area contributed by atoms with Crippen LogP contribution in [-0.2, 0) is 9.73 Å². The van der Waals surface area contributed by atoms with E-state index in [1.807, 2.05) is 30.3 Å². The van der Waals surface area contributed by atoms with Gasteiger partial charge < -0.3 is 5.11 Å². The summed E-state index contributed by atoms with van der Waals surface area (Å²) in [7, 11) is -2.60. The van der Waals surface area contributed by atoms with Gasteiger partial charge in [-0.2, -0.15) is 4.36 Å². The number of carboxylic acids is 1. The Morgan fingerprint density at radius 3 is 2.37 bits per heavy atom. The Labute approximate surface area is 157 Å². The number of benzene rings is 2. The molecule has 0 saturated heterocycles. The predicted molar refractivity (Wildman–Crippen MR) is 104 cm³/mol. The molecule has 0 bridgehead atoms. The second-order valence-electron chi connectivity index (χ2n) is 5.71. The lowest BCUT2D eigenvalue weighted by atomic mass is 10.1. The Balaban J connectivity index is 1.97. The van der Waals surface area contributed by atoms with Gasteiger partial charge in [0.15, 0.2) is 0 Å². The third-order valence-corrected chi connectivity index (χ3v) is 5.37. The fraction of sp³-hybridized carbons (Fsp3) is 0.0476. The zero-order valence-corrected chi connectivity index (χ0v) is 15.3. The number of aromatic nitrogens is 1. The van der Waals surface area contributed by atoms with Gasteiger partial charge in [0.1, 0.15) is 5.69 Å². The van der Waals surface area contributed by atoms with E-state index in [1.54, 1.807) is 36.6 Å². The van der Waals surface area contributed by atoms with Gasteiger partial charge in [-0.3, -0.25) is 0 Å². The van der Waals surface area contributed by atoms with Crippen molar-refractivity contribution in [1.29, 1.82) is 0 Å². The van der Waals surface area contributed by atoms with E-state index >= 15 is 0 Å². The summed E-state index contributed by atoms with van der Waals surface area (Å²) in [6, 6.07) is 19.3. The summed E-state index contributed by atoms with van der Waals surface area (Å²) >= 11 is 0. The van der Waals surface area contributed by atoms with Crippen molar-refractivity contribution in [2.75, 3.05) is 6.26 Å². The van der Waals surface area contributed by atoms with E-state index in [4.69, 9.17) is 5.11 Å². The summed E-state index contributed by atoms with van der Waals surface area (Å²) in [5.74, 6) is 4.84. The molecule has 3 aromatic rings. The molecule has 1 heterocycles. The molecule has 0 spiro atoms. The quantitative estimate of drug-likeness (QED) is 0.702. The first kappa shape index (κ1) is 18.4. The highest BCUT2D eigenvalue weighted by Crippen LogP contribution is 2.23. The summed E-state index contributed by atoms with van der Waals surface area (Å²) in [6.07, 6.45) is 3.00. The fourth-order valence-electron chi connectivity index (χ4n) is 2.31. The molecule has 1 unspecified atom stereocenters. The standard InChI is InChI=1S/C21H16N2O3S/c1-27(26,18-8-3-2-4-9-18)23-19-10-6-5-7-17(19)13-11-16-12-14-20(21(24)25)22-15-16/h2-10,12,14-15H,1H3,(H,24,25). The second kappa shape index (κ2) is 7.85. The van der Waals surface area contributed by atoms with E-state index in [1.165, 1.54) is 12.3 Å². The van der Waals surface area contributed by atoms with E-state index in [0.29, 0.717) is 21.7 Å². The van der Waals surface area contributed by atoms with Crippen LogP contribution < -0.4 is 0 Å². The number of carboxylic acid groups (broad SMARTS) is 1. The lowest BCUT2D eigenvalue weighted by Crippen LogP contribution is -1.99. The van der Waals surface area contributed by atoms with Crippen molar-refractivity contribution < 1.29 is 14.1 Å². The van der Waals surface area contributed by atoms with Crippen LogP contribution in [0.2, 0.25) is 0 Å². The fourth-order valence-corrected chi connectivity index (χ4v) is 3.61. The topological polar surface area (TPSA) is 79.6 Å². The number of carbonyl (C=O) groups is 1. The maximum absolute atomic E-state index is 13.0. The Kier molecular flexibility index (Phi) is 5.34. The van der Waals surface area contributed by atoms with Crippen molar-refractivity contribution in [2.45, 2.75) is 4.90 Å². The predicted octanol–water partition coefficient (Wildman–Crippen LogP) is 3.97. The van der Waals surface area contributed by atoms with Gasteiger partial charge >= 0.3 is 5.97 Å². The number of aromatic carboxylic acids is 1. The van der Waals surface area contributed by atoms with Crippen LogP contribution in [0.25, 0.3) is 0 Å². The summed E-state index contributed by atoms with van der Waals surface area (Å²) < 4.78 is 17.4. The number of rotatable bonds is 3. The lowest BCUT2D eigenvalue weighted by Gasteiger charge is -2.05. The molecule has 0 saturated carbocycles. The Bertz CT molecular complexity index is 1150. The molecule has 0 amide bonds. The van der Waals surface area contributed by atoms with E-state index in [2.05, 4.69) is 21.2 Å². The molecular formula is C21H16N2O3S. The van der Waals surface area contributed by atoms with Crippen LogP contribution in [0, 0.1) is 11.8 Å². The Morgan fingerprint density at radius 1 is 1.00 bits per heavy atom. The summed E-state index contributed by atoms with van der Waals surface area (Å²) in [4.78, 5) is 15.3. The molecule has 6 heteroatoms. The van der Waals surface area contributed by atoms with E-state index in [-0.39, 0.29) is 5.69 Å². The first-order chi connectivity index (χ1) is 13.0. The molecule has 1 N–H and O–H groups in total. The molecular weight excluding hydrogens is 360 g/mol. The van der Waals surface area contributed by atoms with Crippen LogP contribution in [0.5, 0.6) is 0 Å². The van der Waals surface area contributed by atoms with Gasteiger partial charge in [0.25, 0.3) is 0 Å². The average molecular weight is 376 g/mol. The first-order valence-corrected chi connectivity index (χ1v) is 9.96. The molecule has 2 aromatic carbocycles. The molecule has 3 rings (SSSR count). The molecule has 1 atom stereocenters. The highest BCUT2D eigenvalue weighted by molar-refractivity contribution is 7.93. The summed E-state index contributed by atoms with van der Waals surface area (Å²) in [5, 5.41) is 8.88. The highest BCUT2D eigenvalue weighted by atomic mass is 32.2. The van der Waals surface area contributed by atoms with Crippen molar-refractivity contribution >= 4 is 21.4 Å². The first-order valence-electron chi connectivity index (χ1n) is 8.03. The van der Waals surface area contributed by atoms with Gasteiger partial charge in [-0.05, 0) is 36.4 Å². The second-order valence-corrected chi connectivity index (χ2v) is 7.97. The Morgan fingerprint density at radius 2 is 1.70 bits per heavy atom. The summed E-state index contributed by atoms with van der Waals surface area (Å²) in [6.45, 7) is 0. The number of hydrogen-bond acceptors (Lipinski definition) is 4. The molecule has 0 aliphatic heterocycles. The van der Waals surface area contributed by atoms with E-state index in [9.17, 15) is 9.00 Å². The van der Waals surface area contributed by atoms with Gasteiger partial charge in [-0.1, -0.05) is 42.2 Å². The maximum atomic E-state index is 13.0. The molecule has 0 aliphatic rings. The van der Waals surface area contributed by atoms with Crippen molar-refractivity contribution in [3.63, 3.8) is 0 Å². The SMILES string of the molecule is CS(=O)(=Nc1ccccc1C#Cc1ccc(C(=O)O)nc1)c1ccccc1. The van der Waals surface area contributed by atoms with Crippen LogP contribution in [0.15, 0.2) is 82.2 Å². The van der Waals surface area contributed by atoms with Crippen LogP contribution >= 0.6 is 0 Å². The van der Waals surface area contributed by atoms with Crippen molar-refractivity contribution in [3.8, 4) is 11.8 Å². The minimum atomic E-state index is -2.60. The monoisotopic (exact) mass is 376 g/mol. The van der Waals surface area contributed by atoms with Gasteiger partial charge in [-0.25, -0.2) is 14.0 Å². The molecule has 0 radical (unpaired) electrons. The number of pyridine rings is 1. The number of hydrogen-bond donors (Lipinski definition) is 1. The van der Waals surface area contributed by atoms with Gasteiger partial charge in [-0.15, -0.1) is 0 Å². The van der Waals surface area contributed by atoms with Gasteiger partial charge in [0, 0.05) is 22.9 Å². The van der Waals surface area contributed by atoms with Crippen molar-refractivity contribution in [1.82, 2.24) is 4.98 Å². The van der Waals surface area contributed by atoms with Gasteiger partial charge in [0.2, 0.25) is 0 Å². The number of nitrogens with zero attached hydrogens (tertiary/aromatic N) is 2. The summed E-state index contributed by atoms with van der Waals surface area (Å²) in [5.41, 5.74) is 1.71. The molecule has 0 aliphatic carbocycles. The minimum Gasteiger partial charge on any atom is -0.477 e. The van der Waals surface area contributed by atoms with E-state index in [0.717, 1.165) is 0 Å². The normalized spacial score (nSPS) is 12.3. The van der Waals surface area contributed by atoms with Crippen molar-refractivity contribution in [2.24, 2.45) is 4.36 Å². The van der Waals surface area contributed by atoms with Crippen molar-refractivity contribution in [3.05, 3.63) is 89.7 Å². The Hall–Kier alpha value is -3.43. The zero-order valence-electron chi connectivity index (χ0n) is 14.5. The molecule has 1 aromatic heterocycles. The largest absolute Gasteiger partial charge is 0.477 e. The molecule has 5 nitrogen and oxygen atoms in total. The van der Waals surface area contributed by atoms with Crippen LogP contribution in [-0.4, -0.2) is 26.5 Å². The third kappa shape index (κ3) is 4.60. The molecule has 0 fully saturated rings. The zero-order chi connectivity index (χ0) is 19.3. The van der Waals surface area contributed by atoms with E-state index < -0.39 is 15.7 Å². The minimum absolute atomic E-state index is 0.0375. The third-order valence-electron chi connectivity index (χ3n) is 3.68. The average Bonchev–Trinajstić information content (AvgIpc) is 2.68. The van der Waals surface area contributed by atoms with Gasteiger partial charge in [0.05, 0.1) is 21.0 Å². The lowest BCUT2D eigenvalue weighted by molar-refractivity contribution is 0.0690. The smallest absolute Gasteiger partial charge is 0.354 e. The highest BCUT2D eigenvalue weighted by Gasteiger charge is 2.07. The van der Waals surface area contributed by atoms with Crippen LogP contribution in [0.4, 0.5) is 5.69 Å². The van der Waals surface area contributed by atoms with Crippen LogP contribution in [0.1, 0.15) is 21.6 Å². The molecule has 27 heavy (non-hydrogen) atoms. The van der Waals surface area contributed by atoms with Crippen LogP contribution in [0.3, 0.4) is 0 Å². The molecule has 134 valence electrons.